The Morgan fingerprint density at radius 2 is 1.95 bits per heavy atom. The van der Waals surface area contributed by atoms with Crippen molar-refractivity contribution in [3.8, 4) is 0 Å². The summed E-state index contributed by atoms with van der Waals surface area (Å²) < 4.78 is 14.6. The van der Waals surface area contributed by atoms with E-state index in [1.807, 2.05) is 6.07 Å². The van der Waals surface area contributed by atoms with Crippen LogP contribution in [0.2, 0.25) is 0 Å². The van der Waals surface area contributed by atoms with Gasteiger partial charge in [-0.3, -0.25) is 0 Å². The Balaban J connectivity index is 2.28. The molecule has 100 valence electrons. The molecule has 0 saturated heterocycles. The molecule has 0 aromatic heterocycles. The van der Waals surface area contributed by atoms with Crippen LogP contribution in [0.15, 0.2) is 45.3 Å². The van der Waals surface area contributed by atoms with Gasteiger partial charge >= 0.3 is 0 Å². The number of rotatable bonds is 3. The van der Waals surface area contributed by atoms with Crippen LogP contribution in [0.3, 0.4) is 0 Å². The van der Waals surface area contributed by atoms with E-state index in [-0.39, 0.29) is 5.82 Å². The van der Waals surface area contributed by atoms with E-state index in [0.717, 1.165) is 4.47 Å². The predicted molar refractivity (Wildman–Crippen MR) is 81.3 cm³/mol. The lowest BCUT2D eigenvalue weighted by atomic mass is 10.00. The van der Waals surface area contributed by atoms with Gasteiger partial charge in [0.1, 0.15) is 5.82 Å². The molecule has 0 saturated carbocycles. The van der Waals surface area contributed by atoms with Gasteiger partial charge < -0.3 is 10.8 Å². The van der Waals surface area contributed by atoms with Crippen molar-refractivity contribution in [3.05, 3.63) is 62.3 Å². The largest absolute Gasteiger partial charge is 0.398 e. The summed E-state index contributed by atoms with van der Waals surface area (Å²) in [5.41, 5.74) is 7.69. The second-order valence-electron chi connectivity index (χ2n) is 4.21. The molecule has 2 rings (SSSR count). The Labute approximate surface area is 127 Å². The van der Waals surface area contributed by atoms with Gasteiger partial charge in [0.2, 0.25) is 0 Å². The summed E-state index contributed by atoms with van der Waals surface area (Å²) in [6.07, 6.45) is -0.491. The minimum atomic E-state index is -0.782. The summed E-state index contributed by atoms with van der Waals surface area (Å²) >= 11 is 6.53. The zero-order valence-corrected chi connectivity index (χ0v) is 13.1. The van der Waals surface area contributed by atoms with E-state index in [0.29, 0.717) is 27.7 Å². The molecule has 0 bridgehead atoms. The monoisotopic (exact) mass is 387 g/mol. The van der Waals surface area contributed by atoms with Crippen LogP contribution in [0, 0.1) is 5.82 Å². The third-order valence-electron chi connectivity index (χ3n) is 2.85. The molecule has 0 aliphatic rings. The van der Waals surface area contributed by atoms with E-state index in [1.165, 1.54) is 6.07 Å². The molecule has 19 heavy (non-hydrogen) atoms. The summed E-state index contributed by atoms with van der Waals surface area (Å²) in [5, 5.41) is 10.3. The maximum atomic E-state index is 13.4. The van der Waals surface area contributed by atoms with E-state index in [4.69, 9.17) is 5.73 Å². The van der Waals surface area contributed by atoms with Crippen LogP contribution < -0.4 is 5.73 Å². The zero-order chi connectivity index (χ0) is 14.0. The predicted octanol–water partition coefficient (Wildman–Crippen LogP) is 4.21. The molecule has 3 N–H and O–H groups in total. The molecule has 0 amide bonds. The molecule has 2 aromatic rings. The Kier molecular flexibility index (Phi) is 4.60. The van der Waals surface area contributed by atoms with Crippen LogP contribution in [-0.2, 0) is 6.42 Å². The number of aliphatic hydroxyl groups excluding tert-OH is 1. The number of hydrogen-bond donors (Lipinski definition) is 2. The summed E-state index contributed by atoms with van der Waals surface area (Å²) in [5.74, 6) is -0.341. The van der Waals surface area contributed by atoms with Crippen molar-refractivity contribution in [2.45, 2.75) is 12.5 Å². The van der Waals surface area contributed by atoms with Gasteiger partial charge in [0.25, 0.3) is 0 Å². The minimum absolute atomic E-state index is 0.291. The number of halogens is 3. The number of aliphatic hydroxyl groups is 1. The van der Waals surface area contributed by atoms with E-state index in [9.17, 15) is 9.50 Å². The van der Waals surface area contributed by atoms with Gasteiger partial charge in [-0.15, -0.1) is 0 Å². The fourth-order valence-electron chi connectivity index (χ4n) is 1.86. The first-order valence-electron chi connectivity index (χ1n) is 5.65. The van der Waals surface area contributed by atoms with Crippen molar-refractivity contribution in [2.75, 3.05) is 5.73 Å². The van der Waals surface area contributed by atoms with Crippen LogP contribution in [0.25, 0.3) is 0 Å². The van der Waals surface area contributed by atoms with E-state index in [2.05, 4.69) is 31.9 Å². The van der Waals surface area contributed by atoms with Gasteiger partial charge in [-0.1, -0.05) is 28.1 Å². The van der Waals surface area contributed by atoms with Gasteiger partial charge in [-0.05, 0) is 45.8 Å². The molecule has 1 unspecified atom stereocenters. The first kappa shape index (κ1) is 14.5. The highest BCUT2D eigenvalue weighted by Gasteiger charge is 2.15. The highest BCUT2D eigenvalue weighted by atomic mass is 79.9. The lowest BCUT2D eigenvalue weighted by molar-refractivity contribution is 0.179. The van der Waals surface area contributed by atoms with Gasteiger partial charge in [-0.2, -0.15) is 0 Å². The average molecular weight is 389 g/mol. The number of hydrogen-bond acceptors (Lipinski definition) is 2. The van der Waals surface area contributed by atoms with Gasteiger partial charge in [0, 0.05) is 22.1 Å². The van der Waals surface area contributed by atoms with E-state index in [1.54, 1.807) is 24.3 Å². The highest BCUT2D eigenvalue weighted by molar-refractivity contribution is 9.10. The molecular weight excluding hydrogens is 377 g/mol. The van der Waals surface area contributed by atoms with Crippen molar-refractivity contribution in [3.63, 3.8) is 0 Å². The topological polar surface area (TPSA) is 46.2 Å². The molecule has 0 aliphatic heterocycles. The molecule has 0 fully saturated rings. The third kappa shape index (κ3) is 3.35. The lowest BCUT2D eigenvalue weighted by Crippen LogP contribution is -2.06. The fourth-order valence-corrected chi connectivity index (χ4v) is 2.66. The van der Waals surface area contributed by atoms with Crippen LogP contribution in [0.5, 0.6) is 0 Å². The molecular formula is C14H12Br2FNO. The van der Waals surface area contributed by atoms with Crippen LogP contribution in [0.4, 0.5) is 10.1 Å². The fraction of sp³-hybridized carbons (Fsp3) is 0.143. The standard InChI is InChI=1S/C14H12Br2FNO/c15-9-4-5-12(18)10(7-9)13(19)6-8-2-1-3-11(17)14(8)16/h1-5,7,13,19H,6,18H2. The quantitative estimate of drug-likeness (QED) is 0.773. The zero-order valence-electron chi connectivity index (χ0n) is 9.91. The number of anilines is 1. The molecule has 1 atom stereocenters. The highest BCUT2D eigenvalue weighted by Crippen LogP contribution is 2.30. The number of nitrogens with two attached hydrogens (primary N) is 1. The first-order valence-corrected chi connectivity index (χ1v) is 7.23. The summed E-state index contributed by atoms with van der Waals surface area (Å²) in [7, 11) is 0. The summed E-state index contributed by atoms with van der Waals surface area (Å²) in [6.45, 7) is 0. The molecule has 0 radical (unpaired) electrons. The van der Waals surface area contributed by atoms with Crippen molar-refractivity contribution in [2.24, 2.45) is 0 Å². The van der Waals surface area contributed by atoms with E-state index < -0.39 is 6.10 Å². The molecule has 0 aliphatic carbocycles. The third-order valence-corrected chi connectivity index (χ3v) is 4.23. The molecule has 0 heterocycles. The normalized spacial score (nSPS) is 12.4. The SMILES string of the molecule is Nc1ccc(Br)cc1C(O)Cc1cccc(F)c1Br. The summed E-state index contributed by atoms with van der Waals surface area (Å²) in [4.78, 5) is 0. The van der Waals surface area contributed by atoms with Crippen molar-refractivity contribution in [1.82, 2.24) is 0 Å². The Hall–Kier alpha value is -0.910. The maximum Gasteiger partial charge on any atom is 0.137 e. The van der Waals surface area contributed by atoms with Crippen molar-refractivity contribution in [1.29, 1.82) is 0 Å². The number of nitrogen functional groups attached to an aromatic ring is 1. The van der Waals surface area contributed by atoms with Crippen molar-refractivity contribution >= 4 is 37.5 Å². The van der Waals surface area contributed by atoms with Gasteiger partial charge in [-0.25, -0.2) is 4.39 Å². The molecule has 2 aromatic carbocycles. The van der Waals surface area contributed by atoms with Crippen LogP contribution in [-0.4, -0.2) is 5.11 Å². The summed E-state index contributed by atoms with van der Waals surface area (Å²) in [6, 6.07) is 10.1. The second-order valence-corrected chi connectivity index (χ2v) is 5.91. The second kappa shape index (κ2) is 6.03. The Morgan fingerprint density at radius 1 is 1.21 bits per heavy atom. The number of benzene rings is 2. The van der Waals surface area contributed by atoms with Gasteiger partial charge in [0.15, 0.2) is 0 Å². The van der Waals surface area contributed by atoms with Crippen LogP contribution in [0.1, 0.15) is 17.2 Å². The van der Waals surface area contributed by atoms with Crippen molar-refractivity contribution < 1.29 is 9.50 Å². The molecule has 2 nitrogen and oxygen atoms in total. The first-order chi connectivity index (χ1) is 8.99. The smallest absolute Gasteiger partial charge is 0.137 e. The molecule has 5 heteroatoms. The maximum absolute atomic E-state index is 13.4. The Morgan fingerprint density at radius 3 is 2.68 bits per heavy atom. The van der Waals surface area contributed by atoms with E-state index >= 15 is 0 Å². The molecule has 0 spiro atoms. The average Bonchev–Trinajstić information content (AvgIpc) is 2.38. The van der Waals surface area contributed by atoms with Gasteiger partial charge in [0.05, 0.1) is 10.6 Å². The lowest BCUT2D eigenvalue weighted by Gasteiger charge is -2.15. The Bertz CT molecular complexity index is 604. The minimum Gasteiger partial charge on any atom is -0.398 e. The van der Waals surface area contributed by atoms with Crippen LogP contribution >= 0.6 is 31.9 Å².